The van der Waals surface area contributed by atoms with Crippen molar-refractivity contribution >= 4 is 46.1 Å². The molecule has 0 heterocycles. The highest BCUT2D eigenvalue weighted by Crippen LogP contribution is 2.21. The summed E-state index contributed by atoms with van der Waals surface area (Å²) in [6.45, 7) is 0.482. The van der Waals surface area contributed by atoms with Crippen LogP contribution in [0.3, 0.4) is 0 Å². The number of carbonyl (C=O) groups is 1. The first-order valence-electron chi connectivity index (χ1n) is 9.57. The van der Waals surface area contributed by atoms with Gasteiger partial charge in [-0.2, -0.15) is 5.10 Å². The van der Waals surface area contributed by atoms with Crippen LogP contribution in [0.4, 0.5) is 0 Å². The summed E-state index contributed by atoms with van der Waals surface area (Å²) in [6, 6.07) is 26.6. The molecule has 1 amide bonds. The average Bonchev–Trinajstić information content (AvgIpc) is 2.78. The lowest BCUT2D eigenvalue weighted by molar-refractivity contribution is 0.0955. The molecule has 0 saturated carbocycles. The summed E-state index contributed by atoms with van der Waals surface area (Å²) in [5.74, 6) is 0.343. The minimum absolute atomic E-state index is 0.271. The van der Waals surface area contributed by atoms with Gasteiger partial charge < -0.3 is 4.74 Å². The van der Waals surface area contributed by atoms with Crippen LogP contribution in [0, 0.1) is 0 Å². The van der Waals surface area contributed by atoms with E-state index in [1.165, 1.54) is 16.8 Å². The van der Waals surface area contributed by atoms with Gasteiger partial charge in [0.2, 0.25) is 0 Å². The van der Waals surface area contributed by atoms with Gasteiger partial charge >= 0.3 is 0 Å². The molecular weight excluding hydrogens is 431 g/mol. The fourth-order valence-electron chi connectivity index (χ4n) is 3.04. The molecule has 0 radical (unpaired) electrons. The monoisotopic (exact) mass is 448 g/mol. The lowest BCUT2D eigenvalue weighted by atomic mass is 10.1. The van der Waals surface area contributed by atoms with Crippen molar-refractivity contribution < 1.29 is 9.53 Å². The Hall–Kier alpha value is -3.34. The second kappa shape index (κ2) is 9.65. The zero-order chi connectivity index (χ0) is 21.6. The quantitative estimate of drug-likeness (QED) is 0.270. The van der Waals surface area contributed by atoms with E-state index in [4.69, 9.17) is 27.9 Å². The van der Waals surface area contributed by atoms with E-state index in [0.29, 0.717) is 17.2 Å². The maximum absolute atomic E-state index is 12.2. The summed E-state index contributed by atoms with van der Waals surface area (Å²) >= 11 is 11.9. The minimum atomic E-state index is -0.409. The third-order valence-electron chi connectivity index (χ3n) is 4.65. The minimum Gasteiger partial charge on any atom is -0.489 e. The highest BCUT2D eigenvalue weighted by molar-refractivity contribution is 6.36. The number of ether oxygens (including phenoxy) is 1. The van der Waals surface area contributed by atoms with Gasteiger partial charge in [-0.3, -0.25) is 4.79 Å². The summed E-state index contributed by atoms with van der Waals surface area (Å²) in [4.78, 5) is 12.2. The van der Waals surface area contributed by atoms with Crippen molar-refractivity contribution in [1.82, 2.24) is 5.43 Å². The molecule has 0 unspecified atom stereocenters. The van der Waals surface area contributed by atoms with E-state index in [9.17, 15) is 4.79 Å². The van der Waals surface area contributed by atoms with E-state index >= 15 is 0 Å². The van der Waals surface area contributed by atoms with Crippen LogP contribution in [0.15, 0.2) is 90.0 Å². The van der Waals surface area contributed by atoms with Crippen LogP contribution in [0.2, 0.25) is 10.0 Å². The molecule has 31 heavy (non-hydrogen) atoms. The lowest BCUT2D eigenvalue weighted by Gasteiger charge is -2.08. The average molecular weight is 449 g/mol. The number of hydrogen-bond acceptors (Lipinski definition) is 3. The topological polar surface area (TPSA) is 50.7 Å². The Morgan fingerprint density at radius 3 is 2.45 bits per heavy atom. The van der Waals surface area contributed by atoms with Gasteiger partial charge in [-0.15, -0.1) is 0 Å². The Morgan fingerprint density at radius 2 is 1.68 bits per heavy atom. The number of carbonyl (C=O) groups excluding carboxylic acids is 1. The second-order valence-electron chi connectivity index (χ2n) is 6.86. The molecule has 1 N–H and O–H groups in total. The number of fused-ring (bicyclic) bond motifs is 1. The van der Waals surface area contributed by atoms with Crippen LogP contribution in [-0.2, 0) is 6.61 Å². The summed E-state index contributed by atoms with van der Waals surface area (Å²) < 4.78 is 5.88. The normalized spacial score (nSPS) is 11.0. The van der Waals surface area contributed by atoms with Gasteiger partial charge in [0.1, 0.15) is 12.4 Å². The highest BCUT2D eigenvalue weighted by atomic mass is 35.5. The number of nitrogens with zero attached hydrogens (tertiary/aromatic N) is 1. The Balaban J connectivity index is 1.32. The van der Waals surface area contributed by atoms with Gasteiger partial charge in [0.05, 0.1) is 16.8 Å². The number of nitrogens with one attached hydrogen (secondary N) is 1. The van der Waals surface area contributed by atoms with Crippen molar-refractivity contribution in [2.45, 2.75) is 6.61 Å². The molecule has 0 bridgehead atoms. The number of hydrogen-bond donors (Lipinski definition) is 1. The molecular formula is C25H18Cl2N2O2. The van der Waals surface area contributed by atoms with Gasteiger partial charge in [0.25, 0.3) is 5.91 Å². The van der Waals surface area contributed by atoms with Gasteiger partial charge in [0, 0.05) is 5.02 Å². The van der Waals surface area contributed by atoms with Crippen LogP contribution in [0.1, 0.15) is 21.5 Å². The van der Waals surface area contributed by atoms with Crippen molar-refractivity contribution in [3.05, 3.63) is 112 Å². The maximum Gasteiger partial charge on any atom is 0.272 e. The molecule has 0 aliphatic rings. The summed E-state index contributed by atoms with van der Waals surface area (Å²) in [5, 5.41) is 7.11. The highest BCUT2D eigenvalue weighted by Gasteiger charge is 2.09. The van der Waals surface area contributed by atoms with Gasteiger partial charge in [-0.05, 0) is 70.4 Å². The fraction of sp³-hybridized carbons (Fsp3) is 0.0400. The largest absolute Gasteiger partial charge is 0.489 e. The Bertz CT molecular complexity index is 1250. The molecule has 0 aliphatic carbocycles. The summed E-state index contributed by atoms with van der Waals surface area (Å²) in [7, 11) is 0. The van der Waals surface area contributed by atoms with Crippen molar-refractivity contribution in [2.24, 2.45) is 5.10 Å². The number of halogens is 2. The van der Waals surface area contributed by atoms with Crippen LogP contribution < -0.4 is 10.2 Å². The molecule has 154 valence electrons. The zero-order valence-electron chi connectivity index (χ0n) is 16.4. The van der Waals surface area contributed by atoms with Gasteiger partial charge in [0.15, 0.2) is 0 Å². The van der Waals surface area contributed by atoms with Crippen molar-refractivity contribution in [3.63, 3.8) is 0 Å². The van der Waals surface area contributed by atoms with Crippen LogP contribution in [-0.4, -0.2) is 12.1 Å². The van der Waals surface area contributed by atoms with Crippen LogP contribution in [0.25, 0.3) is 10.8 Å². The molecule has 4 rings (SSSR count). The Morgan fingerprint density at radius 1 is 0.903 bits per heavy atom. The third-order valence-corrected chi connectivity index (χ3v) is 5.20. The smallest absolute Gasteiger partial charge is 0.272 e. The van der Waals surface area contributed by atoms with E-state index in [2.05, 4.69) is 40.9 Å². The fourth-order valence-corrected chi connectivity index (χ4v) is 3.54. The van der Waals surface area contributed by atoms with Gasteiger partial charge in [-0.25, -0.2) is 5.43 Å². The SMILES string of the molecule is O=C(N/N=C/c1ccc(OCc2ccc3ccccc3c2)cc1)c1ccc(Cl)cc1Cl. The standard InChI is InChI=1S/C25H18Cl2N2O2/c26-21-9-12-23(24(27)14-21)25(30)29-28-15-17-6-10-22(11-7-17)31-16-18-5-8-19-3-1-2-4-20(19)13-18/h1-15H,16H2,(H,29,30)/b28-15+. The summed E-state index contributed by atoms with van der Waals surface area (Å²) in [5.41, 5.74) is 4.69. The third kappa shape index (κ3) is 5.43. The molecule has 0 saturated heterocycles. The van der Waals surface area contributed by atoms with E-state index in [-0.39, 0.29) is 5.02 Å². The van der Waals surface area contributed by atoms with Crippen LogP contribution in [0.5, 0.6) is 5.75 Å². The van der Waals surface area contributed by atoms with E-state index in [0.717, 1.165) is 16.9 Å². The number of amides is 1. The number of hydrazone groups is 1. The molecule has 0 aliphatic heterocycles. The molecule has 0 spiro atoms. The molecule has 0 fully saturated rings. The summed E-state index contributed by atoms with van der Waals surface area (Å²) in [6.07, 6.45) is 1.55. The van der Waals surface area contributed by atoms with E-state index < -0.39 is 5.91 Å². The predicted octanol–water partition coefficient (Wildman–Crippen LogP) is 6.49. The Labute approximate surface area is 190 Å². The second-order valence-corrected chi connectivity index (χ2v) is 7.71. The molecule has 4 aromatic carbocycles. The molecule has 0 aromatic heterocycles. The first-order valence-corrected chi connectivity index (χ1v) is 10.3. The van der Waals surface area contributed by atoms with Crippen molar-refractivity contribution in [1.29, 1.82) is 0 Å². The molecule has 6 heteroatoms. The van der Waals surface area contributed by atoms with Gasteiger partial charge in [-0.1, -0.05) is 59.6 Å². The van der Waals surface area contributed by atoms with Crippen molar-refractivity contribution in [2.75, 3.05) is 0 Å². The van der Waals surface area contributed by atoms with E-state index in [1.807, 2.05) is 36.4 Å². The molecule has 4 aromatic rings. The first kappa shape index (κ1) is 20.9. The predicted molar refractivity (Wildman–Crippen MR) is 126 cm³/mol. The van der Waals surface area contributed by atoms with E-state index in [1.54, 1.807) is 18.3 Å². The van der Waals surface area contributed by atoms with Crippen molar-refractivity contribution in [3.8, 4) is 5.75 Å². The van der Waals surface area contributed by atoms with Crippen LogP contribution >= 0.6 is 23.2 Å². The Kier molecular flexibility index (Phi) is 6.51. The first-order chi connectivity index (χ1) is 15.1. The lowest BCUT2D eigenvalue weighted by Crippen LogP contribution is -2.18. The number of benzene rings is 4. The molecule has 4 nitrogen and oxygen atoms in total. The zero-order valence-corrected chi connectivity index (χ0v) is 17.9. The number of rotatable bonds is 6. The maximum atomic E-state index is 12.2. The molecule has 0 atom stereocenters.